The lowest BCUT2D eigenvalue weighted by Gasteiger charge is -2.26. The largest absolute Gasteiger partial charge is 0.433 e. The second-order valence-electron chi connectivity index (χ2n) is 5.57. The van der Waals surface area contributed by atoms with Crippen LogP contribution in [0.15, 0.2) is 48.5 Å². The first-order valence-electron chi connectivity index (χ1n) is 7.94. The fraction of sp³-hybridized carbons (Fsp3) is 0.333. The van der Waals surface area contributed by atoms with Gasteiger partial charge in [0.05, 0.1) is 15.7 Å². The maximum absolute atomic E-state index is 13.5. The van der Waals surface area contributed by atoms with Gasteiger partial charge in [-0.15, -0.1) is 0 Å². The van der Waals surface area contributed by atoms with Crippen molar-refractivity contribution < 1.29 is 13.6 Å². The molecule has 6 heteroatoms. The Hall–Kier alpha value is -1.15. The summed E-state index contributed by atoms with van der Waals surface area (Å²) in [6.45, 7) is 3.95. The average Bonchev–Trinajstić information content (AvgIpc) is 2.57. The fourth-order valence-corrected chi connectivity index (χ4v) is 4.39. The molecule has 2 aromatic carbocycles. The van der Waals surface area contributed by atoms with E-state index in [4.69, 9.17) is 32.2 Å². The van der Waals surface area contributed by atoms with E-state index in [1.54, 1.807) is 48.5 Å². The van der Waals surface area contributed by atoms with E-state index < -0.39 is 7.60 Å². The van der Waals surface area contributed by atoms with Crippen LogP contribution in [0, 0.1) is 0 Å². The first-order valence-corrected chi connectivity index (χ1v) is 10.3. The number of unbranched alkanes of at least 4 members (excludes halogenated alkanes) is 1. The van der Waals surface area contributed by atoms with E-state index in [0.717, 1.165) is 19.3 Å². The molecule has 0 N–H and O–H groups in total. The molecule has 1 atom stereocenters. The highest BCUT2D eigenvalue weighted by atomic mass is 35.5. The number of rotatable bonds is 8. The number of benzene rings is 2. The van der Waals surface area contributed by atoms with E-state index in [2.05, 4.69) is 6.92 Å². The normalized spacial score (nSPS) is 12.7. The third kappa shape index (κ3) is 4.92. The highest BCUT2D eigenvalue weighted by Gasteiger charge is 2.36. The van der Waals surface area contributed by atoms with E-state index in [-0.39, 0.29) is 5.66 Å². The molecule has 0 fully saturated rings. The summed E-state index contributed by atoms with van der Waals surface area (Å²) < 4.78 is 25.1. The van der Waals surface area contributed by atoms with Gasteiger partial charge in [-0.05, 0) is 37.6 Å². The SMILES string of the molecule is CCCCC(C)P(=O)(Oc1ccccc1Cl)Oc1ccccc1Cl. The Morgan fingerprint density at radius 1 is 0.958 bits per heavy atom. The monoisotopic (exact) mass is 386 g/mol. The van der Waals surface area contributed by atoms with Crippen LogP contribution >= 0.6 is 30.8 Å². The molecule has 0 saturated carbocycles. The fourth-order valence-electron chi connectivity index (χ4n) is 2.17. The van der Waals surface area contributed by atoms with Crippen molar-refractivity contribution in [3.8, 4) is 11.5 Å². The Kier molecular flexibility index (Phi) is 7.03. The lowest BCUT2D eigenvalue weighted by molar-refractivity contribution is 0.370. The molecule has 1 unspecified atom stereocenters. The number of para-hydroxylation sites is 2. The van der Waals surface area contributed by atoms with E-state index in [1.165, 1.54) is 0 Å². The van der Waals surface area contributed by atoms with Crippen LogP contribution in [0.5, 0.6) is 11.5 Å². The molecule has 0 radical (unpaired) electrons. The molecule has 2 aromatic rings. The molecule has 0 aliphatic carbocycles. The first-order chi connectivity index (χ1) is 11.5. The van der Waals surface area contributed by atoms with Gasteiger partial charge in [-0.25, -0.2) is 4.57 Å². The van der Waals surface area contributed by atoms with Crippen LogP contribution < -0.4 is 9.05 Å². The first kappa shape index (κ1) is 19.2. The minimum atomic E-state index is -3.51. The highest BCUT2D eigenvalue weighted by Crippen LogP contribution is 2.56. The summed E-state index contributed by atoms with van der Waals surface area (Å²) in [5.74, 6) is 0.691. The summed E-state index contributed by atoms with van der Waals surface area (Å²) in [5, 5.41) is 0.784. The van der Waals surface area contributed by atoms with E-state index >= 15 is 0 Å². The maximum Gasteiger partial charge on any atom is 0.433 e. The van der Waals surface area contributed by atoms with Crippen molar-refractivity contribution in [2.45, 2.75) is 38.8 Å². The Morgan fingerprint density at radius 3 is 1.83 bits per heavy atom. The molecular formula is C18H21Cl2O3P. The van der Waals surface area contributed by atoms with E-state index in [0.29, 0.717) is 21.5 Å². The third-order valence-electron chi connectivity index (χ3n) is 3.64. The van der Waals surface area contributed by atoms with E-state index in [9.17, 15) is 4.57 Å². The lowest BCUT2D eigenvalue weighted by Crippen LogP contribution is -2.14. The van der Waals surface area contributed by atoms with Gasteiger partial charge >= 0.3 is 7.60 Å². The number of hydrogen-bond donors (Lipinski definition) is 0. The second-order valence-corrected chi connectivity index (χ2v) is 8.72. The molecule has 0 aliphatic rings. The summed E-state index contributed by atoms with van der Waals surface area (Å²) >= 11 is 12.3. The average molecular weight is 387 g/mol. The van der Waals surface area contributed by atoms with Crippen molar-refractivity contribution in [1.29, 1.82) is 0 Å². The second kappa shape index (κ2) is 8.80. The van der Waals surface area contributed by atoms with Crippen molar-refractivity contribution >= 4 is 30.8 Å². The quantitative estimate of drug-likeness (QED) is 0.449. The van der Waals surface area contributed by atoms with Crippen LogP contribution in [0.2, 0.25) is 10.0 Å². The molecule has 0 saturated heterocycles. The van der Waals surface area contributed by atoms with Crippen LogP contribution in [0.4, 0.5) is 0 Å². The van der Waals surface area contributed by atoms with Gasteiger partial charge in [0.25, 0.3) is 0 Å². The minimum absolute atomic E-state index is 0.287. The Bertz CT molecular complexity index is 669. The molecule has 24 heavy (non-hydrogen) atoms. The Morgan fingerprint density at radius 2 is 1.42 bits per heavy atom. The van der Waals surface area contributed by atoms with Gasteiger partial charge in [-0.1, -0.05) is 67.2 Å². The van der Waals surface area contributed by atoms with Crippen molar-refractivity contribution in [2.75, 3.05) is 0 Å². The molecule has 0 aromatic heterocycles. The molecule has 2 rings (SSSR count). The molecule has 3 nitrogen and oxygen atoms in total. The zero-order valence-corrected chi connectivity index (χ0v) is 16.2. The van der Waals surface area contributed by atoms with Gasteiger partial charge in [0.15, 0.2) is 0 Å². The van der Waals surface area contributed by atoms with Crippen molar-refractivity contribution in [3.63, 3.8) is 0 Å². The molecule has 0 heterocycles. The predicted molar refractivity (Wildman–Crippen MR) is 101 cm³/mol. The Balaban J connectivity index is 2.32. The smallest absolute Gasteiger partial charge is 0.414 e. The molecule has 0 spiro atoms. The van der Waals surface area contributed by atoms with Gasteiger partial charge in [0, 0.05) is 0 Å². The summed E-state index contributed by atoms with van der Waals surface area (Å²) in [7, 11) is -3.51. The van der Waals surface area contributed by atoms with Gasteiger partial charge in [-0.3, -0.25) is 0 Å². The molecular weight excluding hydrogens is 366 g/mol. The van der Waals surface area contributed by atoms with Crippen LogP contribution in [0.1, 0.15) is 33.1 Å². The zero-order chi connectivity index (χ0) is 17.6. The zero-order valence-electron chi connectivity index (χ0n) is 13.7. The van der Waals surface area contributed by atoms with Crippen LogP contribution in [-0.4, -0.2) is 5.66 Å². The number of hydrogen-bond acceptors (Lipinski definition) is 3. The standard InChI is InChI=1S/C18H21Cl2O3P/c1-3-4-9-14(2)24(21,22-17-12-7-5-10-15(17)19)23-18-13-8-6-11-16(18)20/h5-8,10-14H,3-4,9H2,1-2H3. The topological polar surface area (TPSA) is 35.5 Å². The van der Waals surface area contributed by atoms with Crippen LogP contribution in [0.25, 0.3) is 0 Å². The lowest BCUT2D eigenvalue weighted by atomic mass is 10.2. The van der Waals surface area contributed by atoms with Gasteiger partial charge < -0.3 is 9.05 Å². The third-order valence-corrected chi connectivity index (χ3v) is 6.50. The number of halogens is 2. The van der Waals surface area contributed by atoms with Crippen molar-refractivity contribution in [3.05, 3.63) is 58.6 Å². The van der Waals surface area contributed by atoms with Gasteiger partial charge in [0.2, 0.25) is 0 Å². The van der Waals surface area contributed by atoms with Gasteiger partial charge in [-0.2, -0.15) is 0 Å². The van der Waals surface area contributed by atoms with Crippen molar-refractivity contribution in [2.24, 2.45) is 0 Å². The maximum atomic E-state index is 13.5. The Labute approximate surface area is 153 Å². The van der Waals surface area contributed by atoms with E-state index in [1.807, 2.05) is 6.92 Å². The molecule has 0 aliphatic heterocycles. The summed E-state index contributed by atoms with van der Waals surface area (Å²) in [6.07, 6.45) is 2.66. The predicted octanol–water partition coefficient (Wildman–Crippen LogP) is 7.22. The summed E-state index contributed by atoms with van der Waals surface area (Å²) in [5.41, 5.74) is -0.287. The molecule has 0 bridgehead atoms. The highest BCUT2D eigenvalue weighted by molar-refractivity contribution is 7.55. The van der Waals surface area contributed by atoms with Crippen LogP contribution in [0.3, 0.4) is 0 Å². The minimum Gasteiger partial charge on any atom is -0.414 e. The molecule has 0 amide bonds. The van der Waals surface area contributed by atoms with Crippen LogP contribution in [-0.2, 0) is 4.57 Å². The summed E-state index contributed by atoms with van der Waals surface area (Å²) in [4.78, 5) is 0. The van der Waals surface area contributed by atoms with Gasteiger partial charge in [0.1, 0.15) is 11.5 Å². The summed E-state index contributed by atoms with van der Waals surface area (Å²) in [6, 6.07) is 13.9. The van der Waals surface area contributed by atoms with Crippen molar-refractivity contribution in [1.82, 2.24) is 0 Å². The molecule has 130 valence electrons.